The molecule has 3 aromatic carbocycles. The van der Waals surface area contributed by atoms with Gasteiger partial charge in [-0.15, -0.1) is 0 Å². The summed E-state index contributed by atoms with van der Waals surface area (Å²) in [6.07, 6.45) is 1.95. The minimum atomic E-state index is -4.24. The summed E-state index contributed by atoms with van der Waals surface area (Å²) in [7, 11) is -4.24. The van der Waals surface area contributed by atoms with Crippen molar-refractivity contribution in [2.45, 2.75) is 57.5 Å². The van der Waals surface area contributed by atoms with E-state index in [0.29, 0.717) is 29.5 Å². The first-order valence-electron chi connectivity index (χ1n) is 13.9. The molecule has 0 aliphatic carbocycles. The second-order valence-corrected chi connectivity index (χ2v) is 11.9. The van der Waals surface area contributed by atoms with E-state index in [9.17, 15) is 22.4 Å². The SMILES string of the molecule is CCCCNC(=O)[C@H](CC)N(Cc1ccc(F)cc1)C(=O)CN(c1ccc(OCC)cc1)S(=O)(=O)c1ccc(Cl)cc1. The molecule has 42 heavy (non-hydrogen) atoms. The van der Waals surface area contributed by atoms with E-state index < -0.39 is 34.3 Å². The van der Waals surface area contributed by atoms with Crippen LogP contribution in [0.15, 0.2) is 77.7 Å². The molecule has 2 amide bonds. The van der Waals surface area contributed by atoms with Gasteiger partial charge in [-0.1, -0.05) is 44.0 Å². The number of ether oxygens (including phenoxy) is 1. The Kier molecular flexibility index (Phi) is 12.2. The largest absolute Gasteiger partial charge is 0.494 e. The van der Waals surface area contributed by atoms with E-state index >= 15 is 0 Å². The number of carbonyl (C=O) groups is 2. The fourth-order valence-corrected chi connectivity index (χ4v) is 5.89. The Bertz CT molecular complexity index is 1420. The lowest BCUT2D eigenvalue weighted by Crippen LogP contribution is -2.52. The van der Waals surface area contributed by atoms with Crippen LogP contribution in [-0.4, -0.2) is 50.9 Å². The maximum atomic E-state index is 14.1. The second kappa shape index (κ2) is 15.6. The summed E-state index contributed by atoms with van der Waals surface area (Å²) in [4.78, 5) is 28.6. The minimum absolute atomic E-state index is 0.0169. The molecule has 0 heterocycles. The molecule has 0 radical (unpaired) electrons. The molecule has 0 aliphatic rings. The van der Waals surface area contributed by atoms with Gasteiger partial charge in [-0.3, -0.25) is 13.9 Å². The smallest absolute Gasteiger partial charge is 0.264 e. The third kappa shape index (κ3) is 8.69. The molecule has 226 valence electrons. The molecule has 1 N–H and O–H groups in total. The van der Waals surface area contributed by atoms with Crippen molar-refractivity contribution in [3.8, 4) is 5.75 Å². The first kappa shape index (κ1) is 32.9. The average molecular weight is 618 g/mol. The first-order valence-corrected chi connectivity index (χ1v) is 15.7. The van der Waals surface area contributed by atoms with Crippen molar-refractivity contribution in [2.75, 3.05) is 24.0 Å². The number of nitrogens with one attached hydrogen (secondary N) is 1. The number of halogens is 2. The monoisotopic (exact) mass is 617 g/mol. The molecule has 3 rings (SSSR count). The molecule has 0 fully saturated rings. The van der Waals surface area contributed by atoms with Crippen LogP contribution in [0.4, 0.5) is 10.1 Å². The van der Waals surface area contributed by atoms with Gasteiger partial charge in [0.05, 0.1) is 17.2 Å². The zero-order valence-electron chi connectivity index (χ0n) is 24.1. The lowest BCUT2D eigenvalue weighted by atomic mass is 10.1. The molecule has 0 saturated carbocycles. The highest BCUT2D eigenvalue weighted by atomic mass is 35.5. The number of benzene rings is 3. The Balaban J connectivity index is 2.03. The van der Waals surface area contributed by atoms with E-state index in [1.165, 1.54) is 53.4 Å². The summed E-state index contributed by atoms with van der Waals surface area (Å²) < 4.78 is 48.0. The molecule has 0 aromatic heterocycles. The van der Waals surface area contributed by atoms with Gasteiger partial charge in [-0.25, -0.2) is 12.8 Å². The number of hydrogen-bond acceptors (Lipinski definition) is 5. The molecular formula is C31H37ClFN3O5S. The van der Waals surface area contributed by atoms with Gasteiger partial charge in [0.2, 0.25) is 11.8 Å². The van der Waals surface area contributed by atoms with Gasteiger partial charge in [0, 0.05) is 18.1 Å². The van der Waals surface area contributed by atoms with Crippen molar-refractivity contribution in [3.63, 3.8) is 0 Å². The summed E-state index contributed by atoms with van der Waals surface area (Å²) in [5, 5.41) is 3.24. The molecular weight excluding hydrogens is 581 g/mol. The molecule has 3 aromatic rings. The number of unbranched alkanes of at least 4 members (excludes halogenated alkanes) is 1. The first-order chi connectivity index (χ1) is 20.1. The zero-order chi connectivity index (χ0) is 30.7. The van der Waals surface area contributed by atoms with E-state index in [1.54, 1.807) is 31.2 Å². The third-order valence-electron chi connectivity index (χ3n) is 6.60. The van der Waals surface area contributed by atoms with Crippen LogP contribution in [0, 0.1) is 5.82 Å². The molecule has 0 aliphatic heterocycles. The summed E-state index contributed by atoms with van der Waals surface area (Å²) in [5.74, 6) is -0.821. The molecule has 1 atom stereocenters. The van der Waals surface area contributed by atoms with Crippen LogP contribution in [0.3, 0.4) is 0 Å². The predicted octanol–water partition coefficient (Wildman–Crippen LogP) is 5.80. The molecule has 0 spiro atoms. The van der Waals surface area contributed by atoms with Crippen molar-refractivity contribution in [3.05, 3.63) is 89.2 Å². The quantitative estimate of drug-likeness (QED) is 0.218. The molecule has 8 nitrogen and oxygen atoms in total. The Morgan fingerprint density at radius 1 is 0.952 bits per heavy atom. The van der Waals surface area contributed by atoms with Gasteiger partial charge >= 0.3 is 0 Å². The normalized spacial score (nSPS) is 11.9. The topological polar surface area (TPSA) is 96.0 Å². The summed E-state index contributed by atoms with van der Waals surface area (Å²) in [6, 6.07) is 16.8. The van der Waals surface area contributed by atoms with Crippen LogP contribution in [0.5, 0.6) is 5.75 Å². The van der Waals surface area contributed by atoms with Gasteiger partial charge in [0.15, 0.2) is 0 Å². The molecule has 0 bridgehead atoms. The van der Waals surface area contributed by atoms with Crippen LogP contribution >= 0.6 is 11.6 Å². The van der Waals surface area contributed by atoms with Gasteiger partial charge in [-0.05, 0) is 86.0 Å². The van der Waals surface area contributed by atoms with Crippen molar-refractivity contribution < 1.29 is 27.1 Å². The van der Waals surface area contributed by atoms with Gasteiger partial charge in [0.1, 0.15) is 24.2 Å². The summed E-state index contributed by atoms with van der Waals surface area (Å²) in [5.41, 5.74) is 0.835. The number of amides is 2. The molecule has 11 heteroatoms. The number of carbonyl (C=O) groups excluding carboxylic acids is 2. The van der Waals surface area contributed by atoms with Crippen molar-refractivity contribution in [2.24, 2.45) is 0 Å². The molecule has 0 unspecified atom stereocenters. The van der Waals surface area contributed by atoms with Crippen LogP contribution in [0.2, 0.25) is 5.02 Å². The number of nitrogens with zero attached hydrogens (tertiary/aromatic N) is 2. The average Bonchev–Trinajstić information content (AvgIpc) is 2.97. The Morgan fingerprint density at radius 3 is 2.17 bits per heavy atom. The Hall–Kier alpha value is -3.63. The number of hydrogen-bond donors (Lipinski definition) is 1. The van der Waals surface area contributed by atoms with E-state index in [-0.39, 0.29) is 29.5 Å². The van der Waals surface area contributed by atoms with Gasteiger partial charge < -0.3 is 15.0 Å². The Labute approximate surface area is 252 Å². The lowest BCUT2D eigenvalue weighted by molar-refractivity contribution is -0.140. The number of rotatable bonds is 15. The Morgan fingerprint density at radius 2 is 1.60 bits per heavy atom. The minimum Gasteiger partial charge on any atom is -0.494 e. The van der Waals surface area contributed by atoms with E-state index in [4.69, 9.17) is 16.3 Å². The summed E-state index contributed by atoms with van der Waals surface area (Å²) >= 11 is 6.00. The van der Waals surface area contributed by atoms with Crippen molar-refractivity contribution in [1.29, 1.82) is 0 Å². The van der Waals surface area contributed by atoms with Crippen molar-refractivity contribution >= 4 is 39.1 Å². The highest BCUT2D eigenvalue weighted by molar-refractivity contribution is 7.92. The zero-order valence-corrected chi connectivity index (χ0v) is 25.6. The van der Waals surface area contributed by atoms with Crippen LogP contribution < -0.4 is 14.4 Å². The fraction of sp³-hybridized carbons (Fsp3) is 0.355. The highest BCUT2D eigenvalue weighted by Gasteiger charge is 2.33. The number of sulfonamides is 1. The van der Waals surface area contributed by atoms with Crippen molar-refractivity contribution in [1.82, 2.24) is 10.2 Å². The van der Waals surface area contributed by atoms with Crippen LogP contribution in [-0.2, 0) is 26.2 Å². The molecule has 0 saturated heterocycles. The standard InChI is InChI=1S/C31H37ClFN3O5S/c1-4-7-20-34-31(38)29(5-2)35(21-23-8-12-25(33)13-9-23)30(37)22-36(26-14-16-27(17-15-26)41-6-3)42(39,40)28-18-10-24(32)11-19-28/h8-19,29H,4-7,20-22H2,1-3H3,(H,34,38)/t29-/m0/s1. The van der Waals surface area contributed by atoms with E-state index in [0.717, 1.165) is 17.1 Å². The maximum Gasteiger partial charge on any atom is 0.264 e. The number of anilines is 1. The fourth-order valence-electron chi connectivity index (χ4n) is 4.35. The van der Waals surface area contributed by atoms with Gasteiger partial charge in [-0.2, -0.15) is 0 Å². The van der Waals surface area contributed by atoms with Gasteiger partial charge in [0.25, 0.3) is 10.0 Å². The second-order valence-electron chi connectivity index (χ2n) is 9.61. The lowest BCUT2D eigenvalue weighted by Gasteiger charge is -2.33. The van der Waals surface area contributed by atoms with E-state index in [1.807, 2.05) is 13.8 Å². The van der Waals surface area contributed by atoms with Crippen LogP contribution in [0.25, 0.3) is 0 Å². The highest BCUT2D eigenvalue weighted by Crippen LogP contribution is 2.27. The maximum absolute atomic E-state index is 14.1. The third-order valence-corrected chi connectivity index (χ3v) is 8.64. The predicted molar refractivity (Wildman–Crippen MR) is 163 cm³/mol. The van der Waals surface area contributed by atoms with Crippen LogP contribution in [0.1, 0.15) is 45.6 Å². The summed E-state index contributed by atoms with van der Waals surface area (Å²) in [6.45, 7) is 5.90. The van der Waals surface area contributed by atoms with E-state index in [2.05, 4.69) is 5.32 Å².